The first-order valence-electron chi connectivity index (χ1n) is 8.96. The van der Waals surface area contributed by atoms with Crippen molar-refractivity contribution < 1.29 is 4.79 Å². The molecule has 4 aromatic heterocycles. The van der Waals surface area contributed by atoms with Crippen LogP contribution in [-0.2, 0) is 0 Å². The fraction of sp³-hybridized carbons (Fsp3) is 0.294. The number of amides is 2. The number of rotatable bonds is 3. The van der Waals surface area contributed by atoms with Crippen LogP contribution in [0.3, 0.4) is 0 Å². The van der Waals surface area contributed by atoms with Crippen LogP contribution in [0.5, 0.6) is 0 Å². The van der Waals surface area contributed by atoms with E-state index in [2.05, 4.69) is 30.7 Å². The van der Waals surface area contributed by atoms with Crippen LogP contribution in [0.25, 0.3) is 11.5 Å². The van der Waals surface area contributed by atoms with Crippen molar-refractivity contribution in [2.24, 2.45) is 0 Å². The standard InChI is InChI=1S/C17H17N9OS/c27-17(20-16-18-7-11-28-16)24-9-4-12(5-10-24)15-22-21-13-2-3-14(23-26(13)15)25-8-1-6-19-25/h1-3,6-8,11-12H,4-5,9-10H2,(H,18,20,27). The van der Waals surface area contributed by atoms with Crippen LogP contribution in [-0.4, -0.2) is 58.6 Å². The van der Waals surface area contributed by atoms with Gasteiger partial charge in [-0.15, -0.1) is 26.6 Å². The third-order valence-electron chi connectivity index (χ3n) is 4.81. The Morgan fingerprint density at radius 2 is 2.07 bits per heavy atom. The van der Waals surface area contributed by atoms with Crippen LogP contribution < -0.4 is 5.32 Å². The molecule has 10 nitrogen and oxygen atoms in total. The minimum absolute atomic E-state index is 0.112. The number of hydrogen-bond acceptors (Lipinski definition) is 7. The molecular weight excluding hydrogens is 378 g/mol. The first kappa shape index (κ1) is 16.8. The van der Waals surface area contributed by atoms with Gasteiger partial charge in [0.2, 0.25) is 0 Å². The van der Waals surface area contributed by atoms with Crippen molar-refractivity contribution in [3.8, 4) is 5.82 Å². The molecule has 1 saturated heterocycles. The Bertz CT molecular complexity index is 1080. The molecule has 5 rings (SSSR count). The number of nitrogens with zero attached hydrogens (tertiary/aromatic N) is 8. The molecule has 0 bridgehead atoms. The maximum Gasteiger partial charge on any atom is 0.323 e. The molecule has 0 radical (unpaired) electrons. The number of carbonyl (C=O) groups is 1. The van der Waals surface area contributed by atoms with E-state index in [1.165, 1.54) is 11.3 Å². The second-order valence-electron chi connectivity index (χ2n) is 6.50. The average molecular weight is 395 g/mol. The van der Waals surface area contributed by atoms with E-state index in [1.54, 1.807) is 21.6 Å². The Balaban J connectivity index is 1.31. The normalized spacial score (nSPS) is 15.2. The minimum atomic E-state index is -0.112. The van der Waals surface area contributed by atoms with Crippen molar-refractivity contribution in [2.45, 2.75) is 18.8 Å². The van der Waals surface area contributed by atoms with Crippen LogP contribution in [0, 0.1) is 0 Å². The number of likely N-dealkylation sites (tertiary alicyclic amines) is 1. The second-order valence-corrected chi connectivity index (χ2v) is 7.39. The van der Waals surface area contributed by atoms with Crippen LogP contribution >= 0.6 is 11.3 Å². The van der Waals surface area contributed by atoms with Crippen molar-refractivity contribution >= 4 is 28.1 Å². The maximum atomic E-state index is 12.4. The molecule has 142 valence electrons. The summed E-state index contributed by atoms with van der Waals surface area (Å²) in [6, 6.07) is 5.49. The Kier molecular flexibility index (Phi) is 4.20. The fourth-order valence-electron chi connectivity index (χ4n) is 3.37. The van der Waals surface area contributed by atoms with Gasteiger partial charge in [-0.05, 0) is 31.0 Å². The van der Waals surface area contributed by atoms with Gasteiger partial charge in [-0.3, -0.25) is 5.32 Å². The van der Waals surface area contributed by atoms with Gasteiger partial charge in [0.25, 0.3) is 0 Å². The number of aromatic nitrogens is 7. The molecule has 11 heteroatoms. The van der Waals surface area contributed by atoms with E-state index in [1.807, 2.05) is 34.7 Å². The van der Waals surface area contributed by atoms with Gasteiger partial charge in [0.05, 0.1) is 0 Å². The highest BCUT2D eigenvalue weighted by Crippen LogP contribution is 2.27. The molecule has 2 amide bonds. The smallest absolute Gasteiger partial charge is 0.323 e. The summed E-state index contributed by atoms with van der Waals surface area (Å²) < 4.78 is 3.49. The molecule has 0 atom stereocenters. The van der Waals surface area contributed by atoms with Crippen LogP contribution in [0.1, 0.15) is 24.6 Å². The summed E-state index contributed by atoms with van der Waals surface area (Å²) in [4.78, 5) is 18.3. The first-order chi connectivity index (χ1) is 13.8. The summed E-state index contributed by atoms with van der Waals surface area (Å²) in [6.07, 6.45) is 6.84. The Hall–Kier alpha value is -3.34. The van der Waals surface area contributed by atoms with Gasteiger partial charge in [0, 0.05) is 43.0 Å². The van der Waals surface area contributed by atoms with E-state index < -0.39 is 0 Å². The van der Waals surface area contributed by atoms with E-state index in [0.717, 1.165) is 18.7 Å². The highest BCUT2D eigenvalue weighted by atomic mass is 32.1. The fourth-order valence-corrected chi connectivity index (χ4v) is 3.89. The lowest BCUT2D eigenvalue weighted by Gasteiger charge is -2.30. The molecule has 0 saturated carbocycles. The summed E-state index contributed by atoms with van der Waals surface area (Å²) in [5.41, 5.74) is 0.704. The van der Waals surface area contributed by atoms with E-state index in [-0.39, 0.29) is 11.9 Å². The summed E-state index contributed by atoms with van der Waals surface area (Å²) >= 11 is 1.41. The number of piperidine rings is 1. The van der Waals surface area contributed by atoms with Crippen LogP contribution in [0.2, 0.25) is 0 Å². The number of carbonyl (C=O) groups excluding carboxylic acids is 1. The summed E-state index contributed by atoms with van der Waals surface area (Å²) in [5.74, 6) is 1.72. The van der Waals surface area contributed by atoms with Gasteiger partial charge < -0.3 is 4.90 Å². The van der Waals surface area contributed by atoms with E-state index in [0.29, 0.717) is 29.7 Å². The highest BCUT2D eigenvalue weighted by molar-refractivity contribution is 7.13. The monoisotopic (exact) mass is 395 g/mol. The molecule has 5 heterocycles. The zero-order valence-electron chi connectivity index (χ0n) is 14.8. The third-order valence-corrected chi connectivity index (χ3v) is 5.49. The Labute approximate surface area is 163 Å². The van der Waals surface area contributed by atoms with Gasteiger partial charge in [-0.25, -0.2) is 14.5 Å². The summed E-state index contributed by atoms with van der Waals surface area (Å²) in [6.45, 7) is 1.30. The predicted molar refractivity (Wildman–Crippen MR) is 103 cm³/mol. The number of hydrogen-bond donors (Lipinski definition) is 1. The van der Waals surface area contributed by atoms with Gasteiger partial charge in [-0.1, -0.05) is 0 Å². The molecule has 0 aromatic carbocycles. The van der Waals surface area contributed by atoms with Crippen molar-refractivity contribution in [3.05, 3.63) is 48.0 Å². The molecule has 0 unspecified atom stereocenters. The zero-order valence-corrected chi connectivity index (χ0v) is 15.7. The molecule has 1 aliphatic rings. The lowest BCUT2D eigenvalue weighted by Crippen LogP contribution is -2.40. The summed E-state index contributed by atoms with van der Waals surface area (Å²) in [7, 11) is 0. The van der Waals surface area contributed by atoms with E-state index >= 15 is 0 Å². The third kappa shape index (κ3) is 3.09. The van der Waals surface area contributed by atoms with E-state index in [9.17, 15) is 4.79 Å². The van der Waals surface area contributed by atoms with Gasteiger partial charge in [0.15, 0.2) is 22.4 Å². The van der Waals surface area contributed by atoms with Crippen LogP contribution in [0.15, 0.2) is 42.2 Å². The van der Waals surface area contributed by atoms with Crippen LogP contribution in [0.4, 0.5) is 9.93 Å². The molecule has 0 spiro atoms. The topological polar surface area (TPSA) is 106 Å². The summed E-state index contributed by atoms with van der Waals surface area (Å²) in [5, 5.41) is 22.8. The molecular formula is C17H17N9OS. The largest absolute Gasteiger partial charge is 0.324 e. The lowest BCUT2D eigenvalue weighted by atomic mass is 9.96. The van der Waals surface area contributed by atoms with Gasteiger partial charge >= 0.3 is 6.03 Å². The molecule has 1 aliphatic heterocycles. The molecule has 1 N–H and O–H groups in total. The highest BCUT2D eigenvalue weighted by Gasteiger charge is 2.27. The Morgan fingerprint density at radius 1 is 1.18 bits per heavy atom. The SMILES string of the molecule is O=C(Nc1nccs1)N1CCC(c2nnc3ccc(-n4cccn4)nn23)CC1. The first-order valence-corrected chi connectivity index (χ1v) is 9.84. The quantitative estimate of drug-likeness (QED) is 0.570. The van der Waals surface area contributed by atoms with Crippen molar-refractivity contribution in [3.63, 3.8) is 0 Å². The maximum absolute atomic E-state index is 12.4. The predicted octanol–water partition coefficient (Wildman–Crippen LogP) is 2.18. The minimum Gasteiger partial charge on any atom is -0.324 e. The number of fused-ring (bicyclic) bond motifs is 1. The molecule has 1 fully saturated rings. The average Bonchev–Trinajstić information content (AvgIpc) is 3.49. The zero-order chi connectivity index (χ0) is 18.9. The van der Waals surface area contributed by atoms with E-state index in [4.69, 9.17) is 0 Å². The molecule has 4 aromatic rings. The van der Waals surface area contributed by atoms with Crippen molar-refractivity contribution in [2.75, 3.05) is 18.4 Å². The van der Waals surface area contributed by atoms with Crippen molar-refractivity contribution in [1.82, 2.24) is 39.5 Å². The number of thiazole rings is 1. The molecule has 0 aliphatic carbocycles. The lowest BCUT2D eigenvalue weighted by molar-refractivity contribution is 0.193. The second kappa shape index (κ2) is 7.00. The molecule has 28 heavy (non-hydrogen) atoms. The van der Waals surface area contributed by atoms with Crippen molar-refractivity contribution in [1.29, 1.82) is 0 Å². The number of nitrogens with one attached hydrogen (secondary N) is 1. The van der Waals surface area contributed by atoms with Gasteiger partial charge in [-0.2, -0.15) is 9.61 Å². The Morgan fingerprint density at radius 3 is 2.82 bits per heavy atom. The number of urea groups is 1. The number of anilines is 1. The van der Waals surface area contributed by atoms with Gasteiger partial charge in [0.1, 0.15) is 0 Å².